The molecule has 0 bridgehead atoms. The van der Waals surface area contributed by atoms with Crippen LogP contribution in [0.15, 0.2) is 48.5 Å². The van der Waals surface area contributed by atoms with Gasteiger partial charge in [-0.25, -0.2) is 0 Å². The Labute approximate surface area is 212 Å². The lowest BCUT2D eigenvalue weighted by molar-refractivity contribution is 0.124. The number of ether oxygens (including phenoxy) is 3. The maximum Gasteiger partial charge on any atom is 0.320 e. The Morgan fingerprint density at radius 3 is 2.50 bits per heavy atom. The van der Waals surface area contributed by atoms with Crippen molar-refractivity contribution in [2.24, 2.45) is 0 Å². The number of methoxy groups -OCH3 is 2. The largest absolute Gasteiger partial charge is 0.461 e. The summed E-state index contributed by atoms with van der Waals surface area (Å²) >= 11 is 0. The number of anilines is 3. The summed E-state index contributed by atoms with van der Waals surface area (Å²) in [6.45, 7) is 4.79. The number of likely N-dealkylation sites (tertiary alicyclic amines) is 1. The topological polar surface area (TPSA) is 98.0 Å². The van der Waals surface area contributed by atoms with Crippen LogP contribution in [0.5, 0.6) is 6.01 Å². The van der Waals surface area contributed by atoms with Gasteiger partial charge in [0.2, 0.25) is 6.35 Å². The third-order valence-electron chi connectivity index (χ3n) is 6.63. The average Bonchev–Trinajstić information content (AvgIpc) is 3.53. The summed E-state index contributed by atoms with van der Waals surface area (Å²) in [5, 5.41) is 3.26. The first-order valence-electron chi connectivity index (χ1n) is 12.4. The van der Waals surface area contributed by atoms with Crippen molar-refractivity contribution in [3.05, 3.63) is 59.7 Å². The van der Waals surface area contributed by atoms with Crippen molar-refractivity contribution < 1.29 is 14.2 Å². The van der Waals surface area contributed by atoms with Crippen LogP contribution in [0.1, 0.15) is 24.0 Å². The molecule has 2 aliphatic rings. The first kappa shape index (κ1) is 24.3. The molecule has 3 aromatic rings. The molecule has 0 spiro atoms. The summed E-state index contributed by atoms with van der Waals surface area (Å²) in [5.74, 6) is 0.974. The molecule has 1 aromatic heterocycles. The predicted octanol–water partition coefficient (Wildman–Crippen LogP) is 3.71. The summed E-state index contributed by atoms with van der Waals surface area (Å²) in [6.07, 6.45) is 2.21. The van der Waals surface area contributed by atoms with Gasteiger partial charge in [-0.2, -0.15) is 9.97 Å². The number of hydrogen-bond donors (Lipinski definition) is 2. The second-order valence-electron chi connectivity index (χ2n) is 9.17. The van der Waals surface area contributed by atoms with E-state index in [1.54, 1.807) is 14.2 Å². The molecule has 2 aromatic carbocycles. The summed E-state index contributed by atoms with van der Waals surface area (Å²) in [6, 6.07) is 17.7. The molecule has 0 aliphatic carbocycles. The minimum Gasteiger partial charge on any atom is -0.461 e. The van der Waals surface area contributed by atoms with Crippen molar-refractivity contribution in [2.75, 3.05) is 56.5 Å². The lowest BCUT2D eigenvalue weighted by Gasteiger charge is -2.24. The number of rotatable bonds is 10. The molecule has 9 heteroatoms. The fourth-order valence-corrected chi connectivity index (χ4v) is 4.78. The molecule has 9 nitrogen and oxygen atoms in total. The smallest absolute Gasteiger partial charge is 0.320 e. The number of nitrogen functional groups attached to an aromatic ring is 1. The molecule has 36 heavy (non-hydrogen) atoms. The van der Waals surface area contributed by atoms with Gasteiger partial charge >= 0.3 is 6.01 Å². The number of nitrogens with two attached hydrogens (primary N) is 1. The van der Waals surface area contributed by atoms with E-state index in [-0.39, 0.29) is 6.01 Å². The van der Waals surface area contributed by atoms with Crippen molar-refractivity contribution in [1.29, 1.82) is 0 Å². The lowest BCUT2D eigenvalue weighted by Crippen LogP contribution is -2.36. The van der Waals surface area contributed by atoms with Crippen molar-refractivity contribution in [1.82, 2.24) is 14.9 Å². The number of benzene rings is 2. The number of aromatic nitrogens is 2. The Hall–Kier alpha value is -3.40. The van der Waals surface area contributed by atoms with Crippen molar-refractivity contribution >= 4 is 17.3 Å². The second kappa shape index (κ2) is 11.1. The van der Waals surface area contributed by atoms with E-state index < -0.39 is 6.35 Å². The Morgan fingerprint density at radius 1 is 0.944 bits per heavy atom. The Kier molecular flexibility index (Phi) is 7.50. The van der Waals surface area contributed by atoms with Gasteiger partial charge in [-0.3, -0.25) is 4.90 Å². The minimum absolute atomic E-state index is 0.219. The third-order valence-corrected chi connectivity index (χ3v) is 6.63. The molecular weight excluding hydrogens is 456 g/mol. The molecule has 1 saturated heterocycles. The van der Waals surface area contributed by atoms with Gasteiger partial charge in [0.15, 0.2) is 11.6 Å². The summed E-state index contributed by atoms with van der Waals surface area (Å²) in [4.78, 5) is 13.4. The van der Waals surface area contributed by atoms with Gasteiger partial charge in [0.25, 0.3) is 0 Å². The van der Waals surface area contributed by atoms with Gasteiger partial charge in [-0.05, 0) is 54.3 Å². The Balaban J connectivity index is 1.31. The second-order valence-corrected chi connectivity index (χ2v) is 9.17. The maximum atomic E-state index is 6.19. The van der Waals surface area contributed by atoms with Crippen molar-refractivity contribution in [3.8, 4) is 17.1 Å². The van der Waals surface area contributed by atoms with E-state index in [9.17, 15) is 0 Å². The van der Waals surface area contributed by atoms with Gasteiger partial charge in [0.1, 0.15) is 12.3 Å². The number of nitrogens with zero attached hydrogens (tertiary/aromatic N) is 4. The SMILES string of the molecule is COCCOc1nc(N)c2c(n1)N(Cc1ccc(-c3cccc(CN4CCCC4)c3)cc1)C(OC)N2. The van der Waals surface area contributed by atoms with Crippen LogP contribution in [0.2, 0.25) is 0 Å². The van der Waals surface area contributed by atoms with Crippen LogP contribution in [0.3, 0.4) is 0 Å². The van der Waals surface area contributed by atoms with Gasteiger partial charge in [0.05, 0.1) is 6.61 Å². The Morgan fingerprint density at radius 2 is 1.75 bits per heavy atom. The van der Waals surface area contributed by atoms with Gasteiger partial charge in [-0.15, -0.1) is 0 Å². The van der Waals surface area contributed by atoms with Gasteiger partial charge < -0.3 is 30.2 Å². The molecule has 3 heterocycles. The first-order chi connectivity index (χ1) is 17.6. The highest BCUT2D eigenvalue weighted by Gasteiger charge is 2.33. The monoisotopic (exact) mass is 490 g/mol. The highest BCUT2D eigenvalue weighted by atomic mass is 16.5. The Bertz CT molecular complexity index is 1170. The van der Waals surface area contributed by atoms with Crippen LogP contribution in [0, 0.1) is 0 Å². The molecule has 0 radical (unpaired) electrons. The molecule has 1 unspecified atom stereocenters. The standard InChI is InChI=1S/C27H34N6O3/c1-34-14-15-36-26-30-24(28)23-25(31-26)33(27(29-23)35-2)18-19-8-10-21(11-9-19)22-7-5-6-20(16-22)17-32-12-3-4-13-32/h5-11,16,27,29H,3-4,12-15,17-18H2,1-2H3,(H2,28,30,31). The fourth-order valence-electron chi connectivity index (χ4n) is 4.78. The summed E-state index contributed by atoms with van der Waals surface area (Å²) in [5.41, 5.74) is 11.8. The molecule has 1 atom stereocenters. The van der Waals surface area contributed by atoms with Crippen LogP contribution in [0.25, 0.3) is 11.1 Å². The summed E-state index contributed by atoms with van der Waals surface area (Å²) < 4.78 is 16.3. The number of fused-ring (bicyclic) bond motifs is 1. The van der Waals surface area contributed by atoms with E-state index in [2.05, 4.69) is 68.7 Å². The highest BCUT2D eigenvalue weighted by molar-refractivity contribution is 5.81. The van der Waals surface area contributed by atoms with E-state index in [1.165, 1.54) is 42.6 Å². The zero-order valence-electron chi connectivity index (χ0n) is 20.9. The van der Waals surface area contributed by atoms with E-state index >= 15 is 0 Å². The molecular formula is C27H34N6O3. The predicted molar refractivity (Wildman–Crippen MR) is 141 cm³/mol. The molecule has 2 aliphatic heterocycles. The minimum atomic E-state index is -0.409. The van der Waals surface area contributed by atoms with Crippen LogP contribution in [0.4, 0.5) is 17.3 Å². The zero-order chi connectivity index (χ0) is 24.9. The number of hydrogen-bond acceptors (Lipinski definition) is 9. The first-order valence-corrected chi connectivity index (χ1v) is 12.4. The van der Waals surface area contributed by atoms with E-state index in [1.807, 2.05) is 4.90 Å². The molecule has 190 valence electrons. The van der Waals surface area contributed by atoms with Crippen molar-refractivity contribution in [3.63, 3.8) is 0 Å². The molecule has 5 rings (SSSR count). The van der Waals surface area contributed by atoms with Crippen LogP contribution in [-0.4, -0.2) is 61.7 Å². The third kappa shape index (κ3) is 5.38. The summed E-state index contributed by atoms with van der Waals surface area (Å²) in [7, 11) is 3.26. The van der Waals surface area contributed by atoms with Crippen LogP contribution in [-0.2, 0) is 22.6 Å². The van der Waals surface area contributed by atoms with Gasteiger partial charge in [0, 0.05) is 27.3 Å². The maximum absolute atomic E-state index is 6.19. The van der Waals surface area contributed by atoms with Crippen molar-refractivity contribution in [2.45, 2.75) is 32.3 Å². The van der Waals surface area contributed by atoms with Gasteiger partial charge in [-0.1, -0.05) is 42.5 Å². The van der Waals surface area contributed by atoms with Crippen LogP contribution >= 0.6 is 0 Å². The quantitative estimate of drug-likeness (QED) is 0.412. The average molecular weight is 491 g/mol. The normalized spacial score (nSPS) is 17.3. The van der Waals surface area contributed by atoms with E-state index in [0.29, 0.717) is 37.1 Å². The molecule has 0 saturated carbocycles. The van der Waals surface area contributed by atoms with E-state index in [0.717, 1.165) is 12.1 Å². The zero-order valence-corrected chi connectivity index (χ0v) is 20.9. The van der Waals surface area contributed by atoms with Crippen LogP contribution < -0.4 is 20.7 Å². The lowest BCUT2D eigenvalue weighted by atomic mass is 10.0. The highest BCUT2D eigenvalue weighted by Crippen LogP contribution is 2.39. The molecule has 1 fully saturated rings. The molecule has 3 N–H and O–H groups in total. The number of nitrogens with one attached hydrogen (secondary N) is 1. The van der Waals surface area contributed by atoms with E-state index in [4.69, 9.17) is 19.9 Å². The molecule has 0 amide bonds. The fraction of sp³-hybridized carbons (Fsp3) is 0.407.